The normalized spacial score (nSPS) is 35.8. The molecule has 2 nitrogen and oxygen atoms in total. The molecule has 2 saturated heterocycles. The Morgan fingerprint density at radius 3 is 2.68 bits per heavy atom. The molecular formula is C19H27NOSi. The molecule has 0 N–H and O–H groups in total. The second kappa shape index (κ2) is 4.97. The number of nitrogens with zero attached hydrogens (tertiary/aromatic N) is 1. The summed E-state index contributed by atoms with van der Waals surface area (Å²) in [6.45, 7) is 8.19. The Labute approximate surface area is 135 Å². The number of hydrogen-bond donors (Lipinski definition) is 0. The molecule has 1 aromatic rings. The van der Waals surface area contributed by atoms with Crippen molar-refractivity contribution in [2.24, 2.45) is 5.92 Å². The van der Waals surface area contributed by atoms with E-state index < -0.39 is 8.32 Å². The van der Waals surface area contributed by atoms with Gasteiger partial charge in [0.2, 0.25) is 8.32 Å². The molecule has 3 unspecified atom stereocenters. The molecule has 4 atom stereocenters. The fraction of sp³-hybridized carbons (Fsp3) is 0.579. The molecule has 0 radical (unpaired) electrons. The van der Waals surface area contributed by atoms with Crippen molar-refractivity contribution in [3.8, 4) is 0 Å². The van der Waals surface area contributed by atoms with Crippen molar-refractivity contribution in [2.75, 3.05) is 6.54 Å². The summed E-state index contributed by atoms with van der Waals surface area (Å²) in [5, 5.41) is 0. The van der Waals surface area contributed by atoms with Crippen LogP contribution in [0.25, 0.3) is 0 Å². The highest BCUT2D eigenvalue weighted by Crippen LogP contribution is 2.57. The monoisotopic (exact) mass is 313 g/mol. The molecular weight excluding hydrogens is 286 g/mol. The third-order valence-corrected chi connectivity index (χ3v) is 6.37. The summed E-state index contributed by atoms with van der Waals surface area (Å²) in [5.41, 5.74) is 1.89. The van der Waals surface area contributed by atoms with Crippen LogP contribution in [0.1, 0.15) is 24.8 Å². The van der Waals surface area contributed by atoms with E-state index in [2.05, 4.69) is 60.9 Å². The standard InChI is InChI=1S/C19H27NOSi/c1-22(2,3)21-18-13-16-9-10-17(18)19(14-20(16)19)12-11-15-7-5-4-6-8-15/h4-8,13,16-17H,9-12,14H2,1-3H3/t16-,17?,19?,20?/m1/s1. The van der Waals surface area contributed by atoms with Gasteiger partial charge in [0.05, 0.1) is 5.76 Å². The van der Waals surface area contributed by atoms with E-state index in [9.17, 15) is 0 Å². The largest absolute Gasteiger partial charge is 0.547 e. The first-order valence-electron chi connectivity index (χ1n) is 8.69. The highest BCUT2D eigenvalue weighted by Gasteiger charge is 2.64. The van der Waals surface area contributed by atoms with Gasteiger partial charge in [-0.2, -0.15) is 0 Å². The maximum absolute atomic E-state index is 6.46. The summed E-state index contributed by atoms with van der Waals surface area (Å²) in [5.74, 6) is 1.99. The van der Waals surface area contributed by atoms with Crippen molar-refractivity contribution < 1.29 is 4.43 Å². The molecule has 1 aromatic carbocycles. The lowest BCUT2D eigenvalue weighted by molar-refractivity contribution is 0.137. The molecule has 4 aliphatic rings. The van der Waals surface area contributed by atoms with Gasteiger partial charge >= 0.3 is 0 Å². The van der Waals surface area contributed by atoms with Crippen molar-refractivity contribution in [2.45, 2.75) is 56.9 Å². The van der Waals surface area contributed by atoms with Gasteiger partial charge in [-0.3, -0.25) is 4.90 Å². The first kappa shape index (κ1) is 14.5. The van der Waals surface area contributed by atoms with Crippen molar-refractivity contribution in [1.82, 2.24) is 4.90 Å². The van der Waals surface area contributed by atoms with Gasteiger partial charge in [0.1, 0.15) is 0 Å². The van der Waals surface area contributed by atoms with Crippen LogP contribution in [0.3, 0.4) is 0 Å². The molecule has 3 heterocycles. The Balaban J connectivity index is 1.51. The van der Waals surface area contributed by atoms with E-state index >= 15 is 0 Å². The van der Waals surface area contributed by atoms with Gasteiger partial charge < -0.3 is 4.43 Å². The molecule has 2 bridgehead atoms. The molecule has 0 aromatic heterocycles. The van der Waals surface area contributed by atoms with E-state index in [0.29, 0.717) is 17.5 Å². The Hall–Kier alpha value is -1.06. The summed E-state index contributed by atoms with van der Waals surface area (Å²) in [6, 6.07) is 11.6. The highest BCUT2D eigenvalue weighted by molar-refractivity contribution is 6.70. The van der Waals surface area contributed by atoms with E-state index in [1.165, 1.54) is 43.6 Å². The molecule has 3 heteroatoms. The first-order chi connectivity index (χ1) is 10.5. The van der Waals surface area contributed by atoms with E-state index in [-0.39, 0.29) is 0 Å². The Kier molecular flexibility index (Phi) is 3.28. The number of rotatable bonds is 5. The Morgan fingerprint density at radius 1 is 1.18 bits per heavy atom. The van der Waals surface area contributed by atoms with E-state index in [1.54, 1.807) is 0 Å². The lowest BCUT2D eigenvalue weighted by Gasteiger charge is -2.43. The van der Waals surface area contributed by atoms with Crippen molar-refractivity contribution in [3.63, 3.8) is 0 Å². The van der Waals surface area contributed by atoms with Crippen LogP contribution < -0.4 is 0 Å². The van der Waals surface area contributed by atoms with Crippen molar-refractivity contribution in [3.05, 3.63) is 47.7 Å². The lowest BCUT2D eigenvalue weighted by Crippen LogP contribution is -2.46. The minimum Gasteiger partial charge on any atom is -0.547 e. The van der Waals surface area contributed by atoms with Gasteiger partial charge in [0.25, 0.3) is 0 Å². The van der Waals surface area contributed by atoms with Crippen LogP contribution in [-0.2, 0) is 10.8 Å². The summed E-state index contributed by atoms with van der Waals surface area (Å²) >= 11 is 0. The quantitative estimate of drug-likeness (QED) is 0.596. The van der Waals surface area contributed by atoms with Crippen molar-refractivity contribution in [1.29, 1.82) is 0 Å². The zero-order valence-corrected chi connectivity index (χ0v) is 15.0. The molecule has 118 valence electrons. The minimum atomic E-state index is -1.50. The minimum absolute atomic E-state index is 0.419. The van der Waals surface area contributed by atoms with E-state index in [0.717, 1.165) is 0 Å². The second-order valence-corrected chi connectivity index (χ2v) is 12.6. The smallest absolute Gasteiger partial charge is 0.241 e. The number of hydrogen-bond acceptors (Lipinski definition) is 2. The van der Waals surface area contributed by atoms with Crippen LogP contribution in [0.2, 0.25) is 19.6 Å². The molecule has 0 spiro atoms. The number of piperidine rings is 1. The van der Waals surface area contributed by atoms with Crippen LogP contribution in [0, 0.1) is 5.92 Å². The van der Waals surface area contributed by atoms with Gasteiger partial charge in [-0.25, -0.2) is 0 Å². The zero-order chi connectivity index (χ0) is 15.4. The number of aryl methyl sites for hydroxylation is 1. The number of fused-ring (bicyclic) bond motifs is 1. The van der Waals surface area contributed by atoms with Gasteiger partial charge in [-0.15, -0.1) is 0 Å². The van der Waals surface area contributed by atoms with Gasteiger partial charge in [0.15, 0.2) is 0 Å². The molecule has 3 aliphatic heterocycles. The molecule has 22 heavy (non-hydrogen) atoms. The van der Waals surface area contributed by atoms with Crippen LogP contribution in [0.5, 0.6) is 0 Å². The lowest BCUT2D eigenvalue weighted by atomic mass is 9.75. The Morgan fingerprint density at radius 2 is 1.95 bits per heavy atom. The maximum Gasteiger partial charge on any atom is 0.241 e. The average Bonchev–Trinajstić information content (AvgIpc) is 3.23. The number of benzene rings is 1. The molecule has 2 fully saturated rings. The fourth-order valence-electron chi connectivity index (χ4n) is 4.53. The van der Waals surface area contributed by atoms with Gasteiger partial charge in [-0.05, 0) is 57.0 Å². The van der Waals surface area contributed by atoms with Crippen LogP contribution in [-0.4, -0.2) is 31.3 Å². The Bertz CT molecular complexity index is 591. The van der Waals surface area contributed by atoms with E-state index in [1.807, 2.05) is 0 Å². The molecule has 1 aliphatic carbocycles. The zero-order valence-electron chi connectivity index (χ0n) is 14.0. The third-order valence-electron chi connectivity index (χ3n) is 5.53. The van der Waals surface area contributed by atoms with E-state index in [4.69, 9.17) is 4.43 Å². The van der Waals surface area contributed by atoms with Gasteiger partial charge in [-0.1, -0.05) is 30.3 Å². The van der Waals surface area contributed by atoms with Crippen LogP contribution in [0.15, 0.2) is 42.2 Å². The predicted octanol–water partition coefficient (Wildman–Crippen LogP) is 4.20. The molecule has 0 amide bonds. The third kappa shape index (κ3) is 2.44. The van der Waals surface area contributed by atoms with Crippen molar-refractivity contribution >= 4 is 8.32 Å². The summed E-state index contributed by atoms with van der Waals surface area (Å²) in [6.07, 6.45) is 7.58. The average molecular weight is 314 g/mol. The fourth-order valence-corrected chi connectivity index (χ4v) is 5.44. The molecule has 0 saturated carbocycles. The topological polar surface area (TPSA) is 12.2 Å². The summed E-state index contributed by atoms with van der Waals surface area (Å²) in [7, 11) is -1.50. The van der Waals surface area contributed by atoms with Gasteiger partial charge in [0, 0.05) is 24.0 Å². The summed E-state index contributed by atoms with van der Waals surface area (Å²) < 4.78 is 6.46. The SMILES string of the molecule is C[Si](C)(C)OC1=C[C@H]2CCC1C1(CCc3ccccc3)CN21. The maximum atomic E-state index is 6.46. The molecule has 5 rings (SSSR count). The predicted molar refractivity (Wildman–Crippen MR) is 93.2 cm³/mol. The van der Waals surface area contributed by atoms with Crippen LogP contribution >= 0.6 is 0 Å². The highest BCUT2D eigenvalue weighted by atomic mass is 28.4. The second-order valence-electron chi connectivity index (χ2n) is 8.20. The first-order valence-corrected chi connectivity index (χ1v) is 12.1. The summed E-state index contributed by atoms with van der Waals surface area (Å²) in [4.78, 5) is 2.74. The van der Waals surface area contributed by atoms with Crippen LogP contribution in [0.4, 0.5) is 0 Å².